The Kier molecular flexibility index (Phi) is 4.02. The minimum Gasteiger partial charge on any atom is -0.508 e. The lowest BCUT2D eigenvalue weighted by Gasteiger charge is -2.10. The molecule has 0 aliphatic heterocycles. The Morgan fingerprint density at radius 1 is 1.21 bits per heavy atom. The van der Waals surface area contributed by atoms with Gasteiger partial charge < -0.3 is 15.6 Å². The molecule has 3 nitrogen and oxygen atoms in total. The van der Waals surface area contributed by atoms with Gasteiger partial charge >= 0.3 is 0 Å². The third-order valence-electron chi connectivity index (χ3n) is 2.81. The fraction of sp³-hybridized carbons (Fsp3) is 0.200. The van der Waals surface area contributed by atoms with Gasteiger partial charge in [0.05, 0.1) is 0 Å². The second-order valence-corrected chi connectivity index (χ2v) is 4.43. The van der Waals surface area contributed by atoms with Crippen molar-refractivity contribution < 1.29 is 14.2 Å². The van der Waals surface area contributed by atoms with Crippen molar-refractivity contribution in [2.45, 2.75) is 19.6 Å². The van der Waals surface area contributed by atoms with Crippen molar-refractivity contribution in [3.63, 3.8) is 0 Å². The first-order valence-electron chi connectivity index (χ1n) is 6.02. The molecule has 0 spiro atoms. The molecule has 0 bridgehead atoms. The average Bonchev–Trinajstić information content (AvgIpc) is 2.39. The number of halogens is 1. The molecule has 2 aromatic carbocycles. The lowest BCUT2D eigenvalue weighted by atomic mass is 10.1. The molecule has 0 saturated heterocycles. The van der Waals surface area contributed by atoms with E-state index in [0.29, 0.717) is 0 Å². The van der Waals surface area contributed by atoms with E-state index in [1.807, 2.05) is 0 Å². The Labute approximate surface area is 111 Å². The summed E-state index contributed by atoms with van der Waals surface area (Å²) in [6.45, 7) is 2.04. The molecule has 19 heavy (non-hydrogen) atoms. The maximum atomic E-state index is 13.8. The van der Waals surface area contributed by atoms with Crippen LogP contribution >= 0.6 is 0 Å². The van der Waals surface area contributed by atoms with Crippen molar-refractivity contribution in [1.82, 2.24) is 0 Å². The number of ether oxygens (including phenoxy) is 1. The fourth-order valence-corrected chi connectivity index (χ4v) is 1.67. The molecule has 0 fully saturated rings. The summed E-state index contributed by atoms with van der Waals surface area (Å²) in [5.41, 5.74) is 7.27. The molecule has 0 amide bonds. The van der Waals surface area contributed by atoms with E-state index in [1.165, 1.54) is 6.07 Å². The Morgan fingerprint density at radius 3 is 2.47 bits per heavy atom. The molecule has 0 unspecified atom stereocenters. The van der Waals surface area contributed by atoms with E-state index in [-0.39, 0.29) is 24.1 Å². The fourth-order valence-electron chi connectivity index (χ4n) is 1.67. The summed E-state index contributed by atoms with van der Waals surface area (Å²) in [5.74, 6) is -0.0396. The van der Waals surface area contributed by atoms with Gasteiger partial charge in [-0.3, -0.25) is 0 Å². The number of phenolic OH excluding ortho intramolecular Hbond substituents is 1. The Morgan fingerprint density at radius 2 is 1.89 bits per heavy atom. The zero-order chi connectivity index (χ0) is 13.8. The first-order chi connectivity index (χ1) is 9.06. The summed E-state index contributed by atoms with van der Waals surface area (Å²) in [6, 6.07) is 11.1. The number of nitrogens with two attached hydrogens (primary N) is 1. The topological polar surface area (TPSA) is 55.5 Å². The van der Waals surface area contributed by atoms with Crippen LogP contribution in [0.2, 0.25) is 0 Å². The van der Waals surface area contributed by atoms with Gasteiger partial charge in [-0.25, -0.2) is 4.39 Å². The van der Waals surface area contributed by atoms with E-state index >= 15 is 0 Å². The number of benzene rings is 2. The predicted molar refractivity (Wildman–Crippen MR) is 71.4 cm³/mol. The largest absolute Gasteiger partial charge is 0.508 e. The highest BCUT2D eigenvalue weighted by atomic mass is 19.1. The maximum Gasteiger partial charge on any atom is 0.165 e. The smallest absolute Gasteiger partial charge is 0.165 e. The predicted octanol–water partition coefficient (Wildman–Crippen LogP) is 3.13. The quantitative estimate of drug-likeness (QED) is 0.889. The van der Waals surface area contributed by atoms with Crippen molar-refractivity contribution in [3.05, 3.63) is 59.4 Å². The number of phenols is 1. The molecule has 0 heterocycles. The Hall–Kier alpha value is -2.07. The van der Waals surface area contributed by atoms with E-state index < -0.39 is 5.82 Å². The minimum atomic E-state index is -0.423. The van der Waals surface area contributed by atoms with Gasteiger partial charge in [0, 0.05) is 6.04 Å². The molecule has 0 saturated carbocycles. The highest BCUT2D eigenvalue weighted by Crippen LogP contribution is 2.22. The van der Waals surface area contributed by atoms with Crippen molar-refractivity contribution in [1.29, 1.82) is 0 Å². The van der Waals surface area contributed by atoms with Gasteiger partial charge in [0.15, 0.2) is 11.6 Å². The van der Waals surface area contributed by atoms with Gasteiger partial charge in [-0.15, -0.1) is 0 Å². The molecule has 2 rings (SSSR count). The van der Waals surface area contributed by atoms with Crippen LogP contribution in [0.15, 0.2) is 42.5 Å². The van der Waals surface area contributed by atoms with Gasteiger partial charge in [-0.1, -0.05) is 18.2 Å². The van der Waals surface area contributed by atoms with Crippen LogP contribution in [0.1, 0.15) is 24.1 Å². The van der Waals surface area contributed by atoms with Crippen LogP contribution < -0.4 is 10.5 Å². The number of aromatic hydroxyl groups is 1. The number of rotatable bonds is 4. The van der Waals surface area contributed by atoms with Crippen LogP contribution in [-0.2, 0) is 6.61 Å². The van der Waals surface area contributed by atoms with Gasteiger partial charge in [-0.2, -0.15) is 0 Å². The van der Waals surface area contributed by atoms with E-state index in [2.05, 4.69) is 0 Å². The summed E-state index contributed by atoms with van der Waals surface area (Å²) in [7, 11) is 0. The summed E-state index contributed by atoms with van der Waals surface area (Å²) >= 11 is 0. The molecule has 0 aliphatic carbocycles. The summed E-state index contributed by atoms with van der Waals surface area (Å²) in [4.78, 5) is 0. The second kappa shape index (κ2) is 5.71. The SMILES string of the molecule is C[C@H](N)c1ccc(OCc2ccc(O)cc2)c(F)c1. The monoisotopic (exact) mass is 261 g/mol. The summed E-state index contributed by atoms with van der Waals surface area (Å²) < 4.78 is 19.2. The molecule has 0 aromatic heterocycles. The van der Waals surface area contributed by atoms with Crippen molar-refractivity contribution in [2.75, 3.05) is 0 Å². The van der Waals surface area contributed by atoms with Crippen LogP contribution in [0.5, 0.6) is 11.5 Å². The van der Waals surface area contributed by atoms with E-state index in [9.17, 15) is 4.39 Å². The Balaban J connectivity index is 2.05. The molecule has 100 valence electrons. The molecule has 0 radical (unpaired) electrons. The maximum absolute atomic E-state index is 13.8. The van der Waals surface area contributed by atoms with Gasteiger partial charge in [-0.05, 0) is 42.3 Å². The van der Waals surface area contributed by atoms with E-state index in [0.717, 1.165) is 11.1 Å². The minimum absolute atomic E-state index is 0.191. The van der Waals surface area contributed by atoms with Crippen LogP contribution in [0.25, 0.3) is 0 Å². The second-order valence-electron chi connectivity index (χ2n) is 4.43. The molecule has 4 heteroatoms. The van der Waals surface area contributed by atoms with Crippen molar-refractivity contribution in [2.24, 2.45) is 5.73 Å². The molecule has 2 aromatic rings. The zero-order valence-corrected chi connectivity index (χ0v) is 10.6. The molecule has 1 atom stereocenters. The average molecular weight is 261 g/mol. The molecular weight excluding hydrogens is 245 g/mol. The van der Waals surface area contributed by atoms with Crippen molar-refractivity contribution in [3.8, 4) is 11.5 Å². The molecular formula is C15H16FNO2. The van der Waals surface area contributed by atoms with Crippen LogP contribution in [-0.4, -0.2) is 5.11 Å². The first-order valence-corrected chi connectivity index (χ1v) is 6.02. The lowest BCUT2D eigenvalue weighted by molar-refractivity contribution is 0.290. The summed E-state index contributed by atoms with van der Waals surface area (Å²) in [5, 5.41) is 9.16. The van der Waals surface area contributed by atoms with Crippen LogP contribution in [0.4, 0.5) is 4.39 Å². The zero-order valence-electron chi connectivity index (χ0n) is 10.6. The van der Waals surface area contributed by atoms with Gasteiger partial charge in [0.2, 0.25) is 0 Å². The third-order valence-corrected chi connectivity index (χ3v) is 2.81. The normalized spacial score (nSPS) is 12.2. The number of hydrogen-bond acceptors (Lipinski definition) is 3. The van der Waals surface area contributed by atoms with Crippen LogP contribution in [0, 0.1) is 5.82 Å². The van der Waals surface area contributed by atoms with Crippen LogP contribution in [0.3, 0.4) is 0 Å². The third kappa shape index (κ3) is 3.45. The highest BCUT2D eigenvalue weighted by molar-refractivity contribution is 5.31. The standard InChI is InChI=1S/C15H16FNO2/c1-10(17)12-4-7-15(14(16)8-12)19-9-11-2-5-13(18)6-3-11/h2-8,10,18H,9,17H2,1H3/t10-/m0/s1. The van der Waals surface area contributed by atoms with Crippen molar-refractivity contribution >= 4 is 0 Å². The highest BCUT2D eigenvalue weighted by Gasteiger charge is 2.07. The van der Waals surface area contributed by atoms with Gasteiger partial charge in [0.25, 0.3) is 0 Å². The first kappa shape index (κ1) is 13.4. The molecule has 3 N–H and O–H groups in total. The number of hydrogen-bond donors (Lipinski definition) is 2. The van der Waals surface area contributed by atoms with E-state index in [4.69, 9.17) is 15.6 Å². The molecule has 0 aliphatic rings. The van der Waals surface area contributed by atoms with E-state index in [1.54, 1.807) is 43.3 Å². The lowest BCUT2D eigenvalue weighted by Crippen LogP contribution is -2.06. The Bertz CT molecular complexity index is 553. The summed E-state index contributed by atoms with van der Waals surface area (Å²) in [6.07, 6.45) is 0. The van der Waals surface area contributed by atoms with Gasteiger partial charge in [0.1, 0.15) is 12.4 Å².